The summed E-state index contributed by atoms with van der Waals surface area (Å²) < 4.78 is 13.3. The Bertz CT molecular complexity index is 1100. The second-order valence-electron chi connectivity index (χ2n) is 8.09. The van der Waals surface area contributed by atoms with Crippen molar-refractivity contribution < 1.29 is 14.0 Å². The third-order valence-corrected chi connectivity index (χ3v) is 5.89. The fraction of sp³-hybridized carbons (Fsp3) is 0.280. The molecule has 0 spiro atoms. The third kappa shape index (κ3) is 4.51. The van der Waals surface area contributed by atoms with Crippen molar-refractivity contribution in [2.24, 2.45) is 5.41 Å². The van der Waals surface area contributed by atoms with Gasteiger partial charge in [0.1, 0.15) is 11.5 Å². The van der Waals surface area contributed by atoms with Gasteiger partial charge < -0.3 is 10.2 Å². The first-order valence-electron chi connectivity index (χ1n) is 10.7. The Hall–Kier alpha value is -3.61. The number of aromatic nitrogens is 2. The molecule has 1 atom stereocenters. The molecular formula is C25H25FN4O2. The van der Waals surface area contributed by atoms with E-state index in [9.17, 15) is 14.0 Å². The fourth-order valence-corrected chi connectivity index (χ4v) is 4.27. The Kier molecular flexibility index (Phi) is 6.25. The molecule has 4 rings (SSSR count). The molecule has 1 N–H and O–H groups in total. The predicted molar refractivity (Wildman–Crippen MR) is 119 cm³/mol. The molecule has 1 aliphatic rings. The van der Waals surface area contributed by atoms with Gasteiger partial charge in [0.2, 0.25) is 5.91 Å². The van der Waals surface area contributed by atoms with Crippen LogP contribution in [0.25, 0.3) is 11.1 Å². The lowest BCUT2D eigenvalue weighted by Crippen LogP contribution is -2.45. The Balaban J connectivity index is 1.59. The molecule has 0 aliphatic carbocycles. The van der Waals surface area contributed by atoms with Gasteiger partial charge in [-0.25, -0.2) is 9.37 Å². The monoisotopic (exact) mass is 432 g/mol. The summed E-state index contributed by atoms with van der Waals surface area (Å²) in [7, 11) is 0. The summed E-state index contributed by atoms with van der Waals surface area (Å²) in [5, 5.41) is 2.95. The molecular weight excluding hydrogens is 407 g/mol. The van der Waals surface area contributed by atoms with Gasteiger partial charge in [0.15, 0.2) is 0 Å². The van der Waals surface area contributed by atoms with Gasteiger partial charge in [-0.1, -0.05) is 36.4 Å². The Morgan fingerprint density at radius 2 is 1.94 bits per heavy atom. The van der Waals surface area contributed by atoms with Crippen LogP contribution in [0.5, 0.6) is 0 Å². The van der Waals surface area contributed by atoms with Gasteiger partial charge in [0, 0.05) is 32.0 Å². The minimum atomic E-state index is -0.727. The lowest BCUT2D eigenvalue weighted by molar-refractivity contribution is -0.130. The van der Waals surface area contributed by atoms with Crippen LogP contribution in [0.3, 0.4) is 0 Å². The summed E-state index contributed by atoms with van der Waals surface area (Å²) in [6.07, 6.45) is 5.51. The molecule has 0 radical (unpaired) electrons. The van der Waals surface area contributed by atoms with Crippen LogP contribution in [0.15, 0.2) is 67.1 Å². The summed E-state index contributed by atoms with van der Waals surface area (Å²) in [4.78, 5) is 35.8. The van der Waals surface area contributed by atoms with E-state index in [2.05, 4.69) is 15.3 Å². The fourth-order valence-electron chi connectivity index (χ4n) is 4.27. The van der Waals surface area contributed by atoms with Gasteiger partial charge in [0.25, 0.3) is 5.91 Å². The van der Waals surface area contributed by atoms with Crippen LogP contribution < -0.4 is 5.32 Å². The van der Waals surface area contributed by atoms with Crippen LogP contribution in [0.1, 0.15) is 29.4 Å². The summed E-state index contributed by atoms with van der Waals surface area (Å²) in [5.41, 5.74) is 2.41. The zero-order valence-corrected chi connectivity index (χ0v) is 17.9. The lowest BCUT2D eigenvalue weighted by Gasteiger charge is -2.28. The summed E-state index contributed by atoms with van der Waals surface area (Å²) in [6, 6.07) is 14.3. The molecule has 0 bridgehead atoms. The maximum atomic E-state index is 13.3. The standard InChI is InChI=1S/C25H25FN4O2/c1-2-28-24(32)25(10-13-30(17-25)23(31)22-16-27-11-12-29-22)15-18-4-3-5-20(14-18)19-6-8-21(26)9-7-19/h3-9,11-12,14,16H,2,10,13,15,17H2,1H3,(H,28,32)/t25-/m1/s1. The molecule has 1 aliphatic heterocycles. The van der Waals surface area contributed by atoms with Gasteiger partial charge in [-0.15, -0.1) is 0 Å². The number of nitrogens with zero attached hydrogens (tertiary/aromatic N) is 3. The van der Waals surface area contributed by atoms with Crippen molar-refractivity contribution >= 4 is 11.8 Å². The SMILES string of the molecule is CCNC(=O)[C@@]1(Cc2cccc(-c3ccc(F)cc3)c2)CCN(C(=O)c2cnccn2)C1. The smallest absolute Gasteiger partial charge is 0.274 e. The van der Waals surface area contributed by atoms with E-state index >= 15 is 0 Å². The van der Waals surface area contributed by atoms with Crippen LogP contribution in [0.2, 0.25) is 0 Å². The Morgan fingerprint density at radius 3 is 2.66 bits per heavy atom. The van der Waals surface area contributed by atoms with E-state index in [4.69, 9.17) is 0 Å². The lowest BCUT2D eigenvalue weighted by atomic mass is 9.79. The topological polar surface area (TPSA) is 75.2 Å². The second-order valence-corrected chi connectivity index (χ2v) is 8.09. The average molecular weight is 432 g/mol. The highest BCUT2D eigenvalue weighted by Crippen LogP contribution is 2.36. The Morgan fingerprint density at radius 1 is 1.12 bits per heavy atom. The number of benzene rings is 2. The Labute approximate surface area is 186 Å². The van der Waals surface area contributed by atoms with Gasteiger partial charge in [-0.05, 0) is 48.6 Å². The number of rotatable bonds is 6. The van der Waals surface area contributed by atoms with Crippen molar-refractivity contribution in [3.63, 3.8) is 0 Å². The molecule has 0 saturated carbocycles. The second kappa shape index (κ2) is 9.26. The molecule has 1 fully saturated rings. The molecule has 164 valence electrons. The third-order valence-electron chi connectivity index (χ3n) is 5.89. The molecule has 32 heavy (non-hydrogen) atoms. The van der Waals surface area contributed by atoms with E-state index in [0.29, 0.717) is 32.5 Å². The van der Waals surface area contributed by atoms with Crippen molar-refractivity contribution in [3.05, 3.63) is 84.2 Å². The van der Waals surface area contributed by atoms with Crippen LogP contribution in [0, 0.1) is 11.2 Å². The molecule has 1 saturated heterocycles. The number of amides is 2. The van der Waals surface area contributed by atoms with Gasteiger partial charge >= 0.3 is 0 Å². The molecule has 2 aromatic carbocycles. The van der Waals surface area contributed by atoms with Crippen molar-refractivity contribution in [3.8, 4) is 11.1 Å². The summed E-state index contributed by atoms with van der Waals surface area (Å²) in [5.74, 6) is -0.551. The molecule has 7 heteroatoms. The van der Waals surface area contributed by atoms with Crippen LogP contribution in [-0.4, -0.2) is 46.3 Å². The molecule has 3 aromatic rings. The van der Waals surface area contributed by atoms with E-state index in [1.807, 2.05) is 31.2 Å². The van der Waals surface area contributed by atoms with E-state index < -0.39 is 5.41 Å². The average Bonchev–Trinajstić information content (AvgIpc) is 3.25. The number of carbonyl (C=O) groups is 2. The zero-order valence-electron chi connectivity index (χ0n) is 17.9. The van der Waals surface area contributed by atoms with E-state index in [1.165, 1.54) is 30.7 Å². The molecule has 1 aromatic heterocycles. The summed E-state index contributed by atoms with van der Waals surface area (Å²) in [6.45, 7) is 3.20. The van der Waals surface area contributed by atoms with Crippen molar-refractivity contribution in [1.29, 1.82) is 0 Å². The number of hydrogen-bond donors (Lipinski definition) is 1. The predicted octanol–water partition coefficient (Wildman–Crippen LogP) is 3.49. The van der Waals surface area contributed by atoms with Gasteiger partial charge in [-0.3, -0.25) is 14.6 Å². The van der Waals surface area contributed by atoms with Crippen LogP contribution in [0.4, 0.5) is 4.39 Å². The van der Waals surface area contributed by atoms with Crippen molar-refractivity contribution in [2.75, 3.05) is 19.6 Å². The van der Waals surface area contributed by atoms with Crippen LogP contribution in [-0.2, 0) is 11.2 Å². The molecule has 0 unspecified atom stereocenters. The van der Waals surface area contributed by atoms with Gasteiger partial charge in [0.05, 0.1) is 11.6 Å². The first-order valence-corrected chi connectivity index (χ1v) is 10.7. The highest BCUT2D eigenvalue weighted by atomic mass is 19.1. The minimum Gasteiger partial charge on any atom is -0.356 e. The highest BCUT2D eigenvalue weighted by molar-refractivity contribution is 5.93. The number of likely N-dealkylation sites (tertiary alicyclic amines) is 1. The number of hydrogen-bond acceptors (Lipinski definition) is 4. The molecule has 2 amide bonds. The highest BCUT2D eigenvalue weighted by Gasteiger charge is 2.46. The zero-order chi connectivity index (χ0) is 22.6. The first-order chi connectivity index (χ1) is 15.5. The van der Waals surface area contributed by atoms with Crippen molar-refractivity contribution in [2.45, 2.75) is 19.8 Å². The van der Waals surface area contributed by atoms with Crippen molar-refractivity contribution in [1.82, 2.24) is 20.2 Å². The van der Waals surface area contributed by atoms with Gasteiger partial charge in [-0.2, -0.15) is 0 Å². The normalized spacial score (nSPS) is 17.9. The summed E-state index contributed by atoms with van der Waals surface area (Å²) >= 11 is 0. The quantitative estimate of drug-likeness (QED) is 0.647. The van der Waals surface area contributed by atoms with E-state index in [1.54, 1.807) is 17.0 Å². The maximum Gasteiger partial charge on any atom is 0.274 e. The number of carbonyl (C=O) groups excluding carboxylic acids is 2. The molecule has 6 nitrogen and oxygen atoms in total. The minimum absolute atomic E-state index is 0.0540. The first kappa shape index (κ1) is 21.6. The maximum absolute atomic E-state index is 13.3. The van der Waals surface area contributed by atoms with Crippen LogP contribution >= 0.6 is 0 Å². The van der Waals surface area contributed by atoms with E-state index in [0.717, 1.165) is 16.7 Å². The van der Waals surface area contributed by atoms with E-state index in [-0.39, 0.29) is 23.3 Å². The molecule has 2 heterocycles. The number of halogens is 1. The number of nitrogens with one attached hydrogen (secondary N) is 1. The largest absolute Gasteiger partial charge is 0.356 e.